The molecule has 0 unspecified atom stereocenters. The molecule has 8 heteroatoms. The topological polar surface area (TPSA) is 85.0 Å². The number of likely N-dealkylation sites (N-methyl/N-ethyl adjacent to an activating group) is 1. The number of aryl methyl sites for hydroxylation is 1. The van der Waals surface area contributed by atoms with Crippen LogP contribution in [0.3, 0.4) is 0 Å². The summed E-state index contributed by atoms with van der Waals surface area (Å²) in [5.41, 5.74) is 7.50. The van der Waals surface area contributed by atoms with Gasteiger partial charge in [-0.3, -0.25) is 0 Å². The molecular formula is C29H36N8. The van der Waals surface area contributed by atoms with E-state index in [1.807, 2.05) is 38.5 Å². The molecule has 0 bridgehead atoms. The van der Waals surface area contributed by atoms with Crippen molar-refractivity contribution in [1.29, 1.82) is 0 Å². The van der Waals surface area contributed by atoms with Crippen LogP contribution in [-0.4, -0.2) is 64.6 Å². The second-order valence-corrected chi connectivity index (χ2v) is 9.36. The number of pyridine rings is 1. The van der Waals surface area contributed by atoms with Gasteiger partial charge in [0.05, 0.1) is 11.9 Å². The van der Waals surface area contributed by atoms with Crippen molar-refractivity contribution in [3.8, 4) is 11.1 Å². The number of rotatable bonds is 4. The van der Waals surface area contributed by atoms with Crippen LogP contribution >= 0.6 is 0 Å². The monoisotopic (exact) mass is 496 g/mol. The van der Waals surface area contributed by atoms with Crippen LogP contribution in [0.15, 0.2) is 55.5 Å². The summed E-state index contributed by atoms with van der Waals surface area (Å²) in [6, 6.07) is 10.7. The number of aromatic amines is 1. The molecule has 1 saturated heterocycles. The van der Waals surface area contributed by atoms with Crippen molar-refractivity contribution in [2.45, 2.75) is 26.7 Å². The summed E-state index contributed by atoms with van der Waals surface area (Å²) < 4.78 is 0. The van der Waals surface area contributed by atoms with Crippen LogP contribution in [0.25, 0.3) is 27.9 Å². The highest BCUT2D eigenvalue weighted by Gasteiger charge is 2.16. The highest BCUT2D eigenvalue weighted by Crippen LogP contribution is 2.32. The molecule has 37 heavy (non-hydrogen) atoms. The molecule has 8 nitrogen and oxygen atoms in total. The zero-order valence-electron chi connectivity index (χ0n) is 22.0. The van der Waals surface area contributed by atoms with Gasteiger partial charge in [-0.1, -0.05) is 38.6 Å². The van der Waals surface area contributed by atoms with Gasteiger partial charge in [0, 0.05) is 67.3 Å². The van der Waals surface area contributed by atoms with Crippen LogP contribution in [-0.2, 0) is 6.42 Å². The lowest BCUT2D eigenvalue weighted by Crippen LogP contribution is -2.44. The van der Waals surface area contributed by atoms with E-state index in [1.165, 1.54) is 11.1 Å². The van der Waals surface area contributed by atoms with E-state index in [4.69, 9.17) is 4.98 Å². The number of benzene rings is 1. The summed E-state index contributed by atoms with van der Waals surface area (Å²) in [5.74, 6) is 1.55. The lowest BCUT2D eigenvalue weighted by atomic mass is 9.96. The van der Waals surface area contributed by atoms with Gasteiger partial charge < -0.3 is 25.4 Å². The lowest BCUT2D eigenvalue weighted by molar-refractivity contribution is 0.312. The van der Waals surface area contributed by atoms with Gasteiger partial charge in [-0.2, -0.15) is 4.98 Å². The normalized spacial score (nSPS) is 15.9. The molecule has 1 fully saturated rings. The molecule has 0 spiro atoms. The maximum atomic E-state index is 4.71. The van der Waals surface area contributed by atoms with Crippen molar-refractivity contribution >= 4 is 34.2 Å². The third kappa shape index (κ3) is 5.29. The van der Waals surface area contributed by atoms with Gasteiger partial charge in [-0.15, -0.1) is 0 Å². The molecule has 6 rings (SSSR count). The Kier molecular flexibility index (Phi) is 7.37. The third-order valence-corrected chi connectivity index (χ3v) is 6.97. The molecule has 3 N–H and O–H groups in total. The van der Waals surface area contributed by atoms with Crippen molar-refractivity contribution in [3.05, 3.63) is 66.6 Å². The summed E-state index contributed by atoms with van der Waals surface area (Å²) in [6.45, 7) is 13.3. The van der Waals surface area contributed by atoms with Crippen molar-refractivity contribution in [1.82, 2.24) is 30.2 Å². The minimum absolute atomic E-state index is 0.546. The molecule has 1 aromatic carbocycles. The van der Waals surface area contributed by atoms with Gasteiger partial charge in [0.25, 0.3) is 0 Å². The Bertz CT molecular complexity index is 1370. The van der Waals surface area contributed by atoms with Gasteiger partial charge in [0.15, 0.2) is 0 Å². The first-order chi connectivity index (χ1) is 18.1. The first kappa shape index (κ1) is 24.8. The minimum Gasteiger partial charge on any atom is -0.385 e. The Balaban J connectivity index is 0.00000137. The fourth-order valence-electron chi connectivity index (χ4n) is 4.89. The van der Waals surface area contributed by atoms with E-state index in [2.05, 4.69) is 73.3 Å². The number of hydrogen-bond acceptors (Lipinski definition) is 7. The number of nitrogens with one attached hydrogen (secondary N) is 3. The van der Waals surface area contributed by atoms with Gasteiger partial charge in [0.2, 0.25) is 5.95 Å². The smallest absolute Gasteiger partial charge is 0.229 e. The number of piperazine rings is 1. The molecular weight excluding hydrogens is 460 g/mol. The number of anilines is 3. The Hall–Kier alpha value is -3.91. The number of nitrogens with zero attached hydrogens (tertiary/aromatic N) is 5. The molecule has 0 amide bonds. The summed E-state index contributed by atoms with van der Waals surface area (Å²) in [5, 5.41) is 7.69. The van der Waals surface area contributed by atoms with Crippen molar-refractivity contribution < 1.29 is 0 Å². The van der Waals surface area contributed by atoms with Gasteiger partial charge in [-0.05, 0) is 43.1 Å². The zero-order chi connectivity index (χ0) is 25.8. The average Bonchev–Trinajstić information content (AvgIpc) is 3.27. The van der Waals surface area contributed by atoms with Crippen LogP contribution in [0.1, 0.15) is 31.4 Å². The van der Waals surface area contributed by atoms with Crippen molar-refractivity contribution in [2.24, 2.45) is 0 Å². The highest BCUT2D eigenvalue weighted by atomic mass is 15.3. The van der Waals surface area contributed by atoms with Gasteiger partial charge in [0.1, 0.15) is 11.5 Å². The molecule has 192 valence electrons. The summed E-state index contributed by atoms with van der Waals surface area (Å²) >= 11 is 0. The van der Waals surface area contributed by atoms with E-state index in [-0.39, 0.29) is 0 Å². The Morgan fingerprint density at radius 2 is 1.81 bits per heavy atom. The highest BCUT2D eigenvalue weighted by molar-refractivity contribution is 5.94. The fraction of sp³-hybridized carbons (Fsp3) is 0.345. The zero-order valence-corrected chi connectivity index (χ0v) is 22.0. The second-order valence-electron chi connectivity index (χ2n) is 9.36. The average molecular weight is 497 g/mol. The Morgan fingerprint density at radius 3 is 2.59 bits per heavy atom. The summed E-state index contributed by atoms with van der Waals surface area (Å²) in [6.07, 6.45) is 7.89. The fourth-order valence-corrected chi connectivity index (χ4v) is 4.89. The first-order valence-corrected chi connectivity index (χ1v) is 13.2. The predicted octanol–water partition coefficient (Wildman–Crippen LogP) is 5.05. The molecule has 2 aliphatic rings. The molecule has 4 aromatic rings. The number of hydrogen-bond donors (Lipinski definition) is 3. The number of aromatic nitrogens is 4. The second kappa shape index (κ2) is 11.0. The van der Waals surface area contributed by atoms with Crippen LogP contribution < -0.4 is 15.5 Å². The Morgan fingerprint density at radius 1 is 0.973 bits per heavy atom. The molecule has 3 aromatic heterocycles. The van der Waals surface area contributed by atoms with E-state index in [1.54, 1.807) is 0 Å². The van der Waals surface area contributed by atoms with E-state index in [9.17, 15) is 0 Å². The van der Waals surface area contributed by atoms with E-state index < -0.39 is 0 Å². The van der Waals surface area contributed by atoms with Gasteiger partial charge >= 0.3 is 0 Å². The van der Waals surface area contributed by atoms with Crippen LogP contribution in [0.2, 0.25) is 0 Å². The molecule has 2 aliphatic heterocycles. The van der Waals surface area contributed by atoms with Crippen LogP contribution in [0, 0.1) is 0 Å². The molecule has 0 saturated carbocycles. The summed E-state index contributed by atoms with van der Waals surface area (Å²) in [7, 11) is 2.16. The van der Waals surface area contributed by atoms with Gasteiger partial charge in [-0.25, -0.2) is 9.97 Å². The lowest BCUT2D eigenvalue weighted by Gasteiger charge is -2.33. The SMILES string of the molecule is C=C1NCCCc2cc(-c3c[nH]c4nc(Nc5ccc(N6CCN(C)CC6)nc5)ncc34)ccc21.CC. The standard InChI is InChI=1S/C27H30N8.C2H6/c1-18-22-7-5-20(14-19(22)4-3-9-28-18)23-16-30-26-24(23)17-31-27(33-26)32-21-6-8-25(29-15-21)35-12-10-34(2)11-13-35;1-2/h5-8,14-17,28H,1,3-4,9-13H2,2H3,(H2,30,31,32,33);1-2H3. The maximum absolute atomic E-state index is 4.71. The molecule has 0 atom stereocenters. The minimum atomic E-state index is 0.546. The van der Waals surface area contributed by atoms with E-state index in [0.717, 1.165) is 84.9 Å². The first-order valence-electron chi connectivity index (χ1n) is 13.2. The molecule has 5 heterocycles. The van der Waals surface area contributed by atoms with E-state index >= 15 is 0 Å². The third-order valence-electron chi connectivity index (χ3n) is 6.97. The van der Waals surface area contributed by atoms with Crippen molar-refractivity contribution in [2.75, 3.05) is 50.0 Å². The quantitative estimate of drug-likeness (QED) is 0.365. The number of H-pyrrole nitrogens is 1. The number of fused-ring (bicyclic) bond motifs is 2. The molecule has 0 radical (unpaired) electrons. The van der Waals surface area contributed by atoms with E-state index in [0.29, 0.717) is 5.95 Å². The molecule has 0 aliphatic carbocycles. The largest absolute Gasteiger partial charge is 0.385 e. The maximum Gasteiger partial charge on any atom is 0.229 e. The van der Waals surface area contributed by atoms with Crippen LogP contribution in [0.4, 0.5) is 17.5 Å². The van der Waals surface area contributed by atoms with Crippen LogP contribution in [0.5, 0.6) is 0 Å². The van der Waals surface area contributed by atoms with Crippen molar-refractivity contribution in [3.63, 3.8) is 0 Å². The predicted molar refractivity (Wildman–Crippen MR) is 153 cm³/mol. The Labute approximate surface area is 218 Å². The summed E-state index contributed by atoms with van der Waals surface area (Å²) in [4.78, 5) is 21.9.